The summed E-state index contributed by atoms with van der Waals surface area (Å²) in [5, 5.41) is 3.15. The number of hydrogen-bond acceptors (Lipinski definition) is 5. The van der Waals surface area contributed by atoms with Gasteiger partial charge in [-0.15, -0.1) is 0 Å². The quantitative estimate of drug-likeness (QED) is 0.892. The Morgan fingerprint density at radius 1 is 1.38 bits per heavy atom. The molecule has 1 saturated heterocycles. The van der Waals surface area contributed by atoms with Gasteiger partial charge in [-0.2, -0.15) is 0 Å². The van der Waals surface area contributed by atoms with Crippen LogP contribution in [0, 0.1) is 11.8 Å². The molecule has 6 nitrogen and oxygen atoms in total. The predicted octanol–water partition coefficient (Wildman–Crippen LogP) is 2.02. The zero-order valence-electron chi connectivity index (χ0n) is 13.7. The van der Waals surface area contributed by atoms with Crippen molar-refractivity contribution in [2.75, 3.05) is 38.2 Å². The maximum atomic E-state index is 13.6. The highest BCUT2D eigenvalue weighted by Crippen LogP contribution is 2.27. The third kappa shape index (κ3) is 4.29. The summed E-state index contributed by atoms with van der Waals surface area (Å²) in [4.78, 5) is 22.9. The molecule has 130 valence electrons. The molecule has 1 amide bonds. The molecule has 0 aliphatic carbocycles. The van der Waals surface area contributed by atoms with Gasteiger partial charge in [-0.1, -0.05) is 0 Å². The average molecular weight is 334 g/mol. The van der Waals surface area contributed by atoms with Crippen molar-refractivity contribution in [3.05, 3.63) is 30.4 Å². The van der Waals surface area contributed by atoms with Crippen molar-refractivity contribution in [2.45, 2.75) is 19.3 Å². The van der Waals surface area contributed by atoms with Gasteiger partial charge >= 0.3 is 0 Å². The van der Waals surface area contributed by atoms with Crippen LogP contribution in [0.25, 0.3) is 0 Å². The van der Waals surface area contributed by atoms with Crippen LogP contribution >= 0.6 is 0 Å². The Kier molecular flexibility index (Phi) is 5.74. The molecular formula is C17H23FN4O2. The second-order valence-electron chi connectivity index (χ2n) is 6.21. The molecule has 1 unspecified atom stereocenters. The average Bonchev–Trinajstić information content (AvgIpc) is 2.63. The molecule has 0 bridgehead atoms. The number of anilines is 1. The van der Waals surface area contributed by atoms with E-state index in [1.54, 1.807) is 29.4 Å². The fourth-order valence-corrected chi connectivity index (χ4v) is 3.29. The number of nitrogens with zero attached hydrogens (tertiary/aromatic N) is 3. The zero-order chi connectivity index (χ0) is 16.8. The Morgan fingerprint density at radius 2 is 2.12 bits per heavy atom. The molecule has 7 heteroatoms. The van der Waals surface area contributed by atoms with Crippen molar-refractivity contribution >= 4 is 11.9 Å². The van der Waals surface area contributed by atoms with Gasteiger partial charge in [-0.25, -0.2) is 14.4 Å². The van der Waals surface area contributed by atoms with Crippen molar-refractivity contribution in [3.63, 3.8) is 0 Å². The first kappa shape index (κ1) is 16.8. The smallest absolute Gasteiger partial charge is 0.228 e. The molecule has 3 heterocycles. The Bertz CT molecular complexity index is 575. The molecule has 1 aromatic rings. The van der Waals surface area contributed by atoms with Crippen LogP contribution < -0.4 is 5.32 Å². The van der Waals surface area contributed by atoms with E-state index >= 15 is 0 Å². The second kappa shape index (κ2) is 8.19. The lowest BCUT2D eigenvalue weighted by Crippen LogP contribution is -2.45. The highest BCUT2D eigenvalue weighted by Gasteiger charge is 2.33. The third-order valence-electron chi connectivity index (χ3n) is 4.62. The zero-order valence-corrected chi connectivity index (χ0v) is 13.7. The van der Waals surface area contributed by atoms with E-state index in [0.717, 1.165) is 12.8 Å². The number of carbonyl (C=O) groups excluding carboxylic acids is 1. The lowest BCUT2D eigenvalue weighted by atomic mass is 9.84. The van der Waals surface area contributed by atoms with Crippen LogP contribution in [-0.4, -0.2) is 53.6 Å². The van der Waals surface area contributed by atoms with Gasteiger partial charge in [-0.05, 0) is 37.3 Å². The van der Waals surface area contributed by atoms with Crippen LogP contribution in [-0.2, 0) is 9.53 Å². The topological polar surface area (TPSA) is 67.3 Å². The van der Waals surface area contributed by atoms with Gasteiger partial charge in [0.2, 0.25) is 11.9 Å². The van der Waals surface area contributed by atoms with Crippen molar-refractivity contribution in [3.8, 4) is 0 Å². The van der Waals surface area contributed by atoms with Gasteiger partial charge in [0, 0.05) is 38.7 Å². The van der Waals surface area contributed by atoms with Crippen LogP contribution in [0.1, 0.15) is 19.3 Å². The molecule has 2 aliphatic heterocycles. The van der Waals surface area contributed by atoms with Crippen LogP contribution in [0.3, 0.4) is 0 Å². The molecule has 0 aromatic carbocycles. The van der Waals surface area contributed by atoms with E-state index in [1.807, 2.05) is 0 Å². The third-order valence-corrected chi connectivity index (χ3v) is 4.62. The standard InChI is InChI=1S/C17H23FN4O2/c18-14-3-1-8-22(12-14)16(23)15(13-4-9-24-10-5-13)11-21-17-19-6-2-7-20-17/h2-3,6-7,13,15H,1,4-5,8-12H2,(H,19,20,21). The number of carbonyl (C=O) groups is 1. The first-order chi connectivity index (χ1) is 11.7. The van der Waals surface area contributed by atoms with Crippen molar-refractivity contribution in [1.82, 2.24) is 14.9 Å². The van der Waals surface area contributed by atoms with Gasteiger partial charge < -0.3 is 15.0 Å². The van der Waals surface area contributed by atoms with Crippen LogP contribution in [0.15, 0.2) is 30.4 Å². The van der Waals surface area contributed by atoms with E-state index in [-0.39, 0.29) is 30.1 Å². The highest BCUT2D eigenvalue weighted by atomic mass is 19.1. The molecule has 1 N–H and O–H groups in total. The lowest BCUT2D eigenvalue weighted by Gasteiger charge is -2.34. The maximum Gasteiger partial charge on any atom is 0.228 e. The summed E-state index contributed by atoms with van der Waals surface area (Å²) in [5.41, 5.74) is 0. The molecule has 0 spiro atoms. The first-order valence-electron chi connectivity index (χ1n) is 8.46. The molecule has 1 aromatic heterocycles. The molecular weight excluding hydrogens is 311 g/mol. The summed E-state index contributed by atoms with van der Waals surface area (Å²) in [7, 11) is 0. The van der Waals surface area contributed by atoms with E-state index in [2.05, 4.69) is 15.3 Å². The molecule has 3 rings (SSSR count). The first-order valence-corrected chi connectivity index (χ1v) is 8.46. The van der Waals surface area contributed by atoms with E-state index in [0.29, 0.717) is 38.7 Å². The van der Waals surface area contributed by atoms with E-state index in [9.17, 15) is 9.18 Å². The van der Waals surface area contributed by atoms with E-state index in [1.165, 1.54) is 0 Å². The maximum absolute atomic E-state index is 13.6. The fraction of sp³-hybridized carbons (Fsp3) is 0.588. The normalized spacial score (nSPS) is 20.4. The van der Waals surface area contributed by atoms with Crippen LogP contribution in [0.5, 0.6) is 0 Å². The Balaban J connectivity index is 1.68. The van der Waals surface area contributed by atoms with Crippen molar-refractivity contribution in [1.29, 1.82) is 0 Å². The molecule has 1 atom stereocenters. The van der Waals surface area contributed by atoms with Crippen LogP contribution in [0.2, 0.25) is 0 Å². The predicted molar refractivity (Wildman–Crippen MR) is 87.9 cm³/mol. The number of hydrogen-bond donors (Lipinski definition) is 1. The second-order valence-corrected chi connectivity index (χ2v) is 6.21. The van der Waals surface area contributed by atoms with Gasteiger partial charge in [0.15, 0.2) is 0 Å². The summed E-state index contributed by atoms with van der Waals surface area (Å²) in [6, 6.07) is 1.75. The lowest BCUT2D eigenvalue weighted by molar-refractivity contribution is -0.138. The summed E-state index contributed by atoms with van der Waals surface area (Å²) >= 11 is 0. The monoisotopic (exact) mass is 334 g/mol. The van der Waals surface area contributed by atoms with Gasteiger partial charge in [0.1, 0.15) is 5.83 Å². The van der Waals surface area contributed by atoms with E-state index in [4.69, 9.17) is 4.74 Å². The molecule has 24 heavy (non-hydrogen) atoms. The number of nitrogens with one attached hydrogen (secondary N) is 1. The van der Waals surface area contributed by atoms with E-state index < -0.39 is 0 Å². The number of ether oxygens (including phenoxy) is 1. The summed E-state index contributed by atoms with van der Waals surface area (Å²) < 4.78 is 19.0. The minimum atomic E-state index is -0.223. The fourth-order valence-electron chi connectivity index (χ4n) is 3.29. The van der Waals surface area contributed by atoms with Crippen LogP contribution in [0.4, 0.5) is 10.3 Å². The summed E-state index contributed by atoms with van der Waals surface area (Å²) in [6.07, 6.45) is 7.15. The van der Waals surface area contributed by atoms with Crippen molar-refractivity contribution < 1.29 is 13.9 Å². The van der Waals surface area contributed by atoms with Gasteiger partial charge in [0.25, 0.3) is 0 Å². The largest absolute Gasteiger partial charge is 0.381 e. The minimum absolute atomic E-state index is 0.00795. The Hall–Kier alpha value is -2.02. The number of rotatable bonds is 5. The molecule has 1 fully saturated rings. The molecule has 0 saturated carbocycles. The Labute approximate surface area is 141 Å². The SMILES string of the molecule is O=C(C(CNc1ncccn1)C1CCOCC1)N1CCC=C(F)C1. The molecule has 2 aliphatic rings. The van der Waals surface area contributed by atoms with Gasteiger partial charge in [0.05, 0.1) is 12.5 Å². The Morgan fingerprint density at radius 3 is 2.83 bits per heavy atom. The number of halogens is 1. The highest BCUT2D eigenvalue weighted by molar-refractivity contribution is 5.80. The number of amides is 1. The minimum Gasteiger partial charge on any atom is -0.381 e. The summed E-state index contributed by atoms with van der Waals surface area (Å²) in [5.74, 6) is 0.306. The van der Waals surface area contributed by atoms with Crippen molar-refractivity contribution in [2.24, 2.45) is 11.8 Å². The summed E-state index contributed by atoms with van der Waals surface area (Å²) in [6.45, 7) is 2.46. The molecule has 0 radical (unpaired) electrons. The van der Waals surface area contributed by atoms with Gasteiger partial charge in [-0.3, -0.25) is 4.79 Å². The number of aromatic nitrogens is 2.